The van der Waals surface area contributed by atoms with Crippen LogP contribution in [-0.4, -0.2) is 14.2 Å². The van der Waals surface area contributed by atoms with Crippen molar-refractivity contribution in [2.45, 2.75) is 19.3 Å². The van der Waals surface area contributed by atoms with Gasteiger partial charge in [-0.15, -0.1) is 0 Å². The molecule has 0 radical (unpaired) electrons. The first-order chi connectivity index (χ1) is 9.80. The summed E-state index contributed by atoms with van der Waals surface area (Å²) in [5, 5.41) is 0. The zero-order chi connectivity index (χ0) is 13.9. The van der Waals surface area contributed by atoms with E-state index in [1.807, 2.05) is 12.1 Å². The summed E-state index contributed by atoms with van der Waals surface area (Å²) < 4.78 is 10.6. The highest BCUT2D eigenvalue weighted by atomic mass is 16.5. The van der Waals surface area contributed by atoms with Crippen LogP contribution >= 0.6 is 0 Å². The van der Waals surface area contributed by atoms with Crippen LogP contribution in [0.25, 0.3) is 5.57 Å². The van der Waals surface area contributed by atoms with Crippen LogP contribution in [0.1, 0.15) is 24.8 Å². The van der Waals surface area contributed by atoms with Gasteiger partial charge >= 0.3 is 0 Å². The molecular weight excluding hydrogens is 248 g/mol. The molecule has 1 aromatic rings. The monoisotopic (exact) mass is 268 g/mol. The third-order valence-electron chi connectivity index (χ3n) is 4.20. The Morgan fingerprint density at radius 2 is 1.80 bits per heavy atom. The van der Waals surface area contributed by atoms with Gasteiger partial charge in [-0.3, -0.25) is 0 Å². The van der Waals surface area contributed by atoms with Crippen LogP contribution in [-0.2, 0) is 4.74 Å². The number of methoxy groups -OCH3 is 2. The highest BCUT2D eigenvalue weighted by molar-refractivity contribution is 5.70. The van der Waals surface area contributed by atoms with Crippen molar-refractivity contribution in [3.8, 4) is 5.75 Å². The van der Waals surface area contributed by atoms with Crippen molar-refractivity contribution in [2.24, 2.45) is 5.92 Å². The van der Waals surface area contributed by atoms with Gasteiger partial charge in [-0.2, -0.15) is 0 Å². The Balaban J connectivity index is 1.84. The van der Waals surface area contributed by atoms with E-state index in [9.17, 15) is 0 Å². The highest BCUT2D eigenvalue weighted by Gasteiger charge is 2.23. The van der Waals surface area contributed by atoms with E-state index in [4.69, 9.17) is 9.47 Å². The Morgan fingerprint density at radius 3 is 2.50 bits per heavy atom. The highest BCUT2D eigenvalue weighted by Crippen LogP contribution is 2.39. The molecule has 0 amide bonds. The van der Waals surface area contributed by atoms with Crippen molar-refractivity contribution in [1.29, 1.82) is 0 Å². The minimum atomic E-state index is 0.635. The van der Waals surface area contributed by atoms with Gasteiger partial charge in [0.2, 0.25) is 0 Å². The van der Waals surface area contributed by atoms with Gasteiger partial charge in [0.05, 0.1) is 20.0 Å². The molecule has 1 aromatic carbocycles. The van der Waals surface area contributed by atoms with Gasteiger partial charge in [-0.05, 0) is 53.7 Å². The molecule has 3 rings (SSSR count). The molecule has 2 nitrogen and oxygen atoms in total. The number of hydrogen-bond donors (Lipinski definition) is 0. The minimum Gasteiger partial charge on any atom is -0.501 e. The zero-order valence-electron chi connectivity index (χ0n) is 12.1. The average molecular weight is 268 g/mol. The summed E-state index contributed by atoms with van der Waals surface area (Å²) in [6, 6.07) is 8.34. The van der Waals surface area contributed by atoms with Crippen LogP contribution in [0.2, 0.25) is 0 Å². The van der Waals surface area contributed by atoms with Gasteiger partial charge in [0.15, 0.2) is 0 Å². The van der Waals surface area contributed by atoms with Gasteiger partial charge in [0, 0.05) is 6.42 Å². The van der Waals surface area contributed by atoms with E-state index in [-0.39, 0.29) is 0 Å². The number of allylic oxidation sites excluding steroid dienone is 6. The van der Waals surface area contributed by atoms with Crippen molar-refractivity contribution < 1.29 is 9.47 Å². The van der Waals surface area contributed by atoms with Gasteiger partial charge < -0.3 is 9.47 Å². The Kier molecular flexibility index (Phi) is 3.64. The molecular formula is C18H20O2. The molecule has 0 N–H and O–H groups in total. The quantitative estimate of drug-likeness (QED) is 0.811. The molecule has 2 heteroatoms. The standard InChI is InChI=1S/C18H20O2/c1-19-17-8-5-13(6-9-17)14-3-4-16-12-18(20-2)10-7-15(16)11-14/h3-6,8-9,12,15H,7,10-11H2,1-2H3. The van der Waals surface area contributed by atoms with Crippen LogP contribution in [0.5, 0.6) is 5.75 Å². The smallest absolute Gasteiger partial charge is 0.118 e. The van der Waals surface area contributed by atoms with Crippen LogP contribution in [0.4, 0.5) is 0 Å². The molecule has 0 heterocycles. The molecule has 1 unspecified atom stereocenters. The first-order valence-electron chi connectivity index (χ1n) is 7.10. The van der Waals surface area contributed by atoms with Gasteiger partial charge in [-0.25, -0.2) is 0 Å². The summed E-state index contributed by atoms with van der Waals surface area (Å²) in [6.07, 6.45) is 10.0. The Morgan fingerprint density at radius 1 is 1.00 bits per heavy atom. The fourth-order valence-electron chi connectivity index (χ4n) is 2.97. The maximum absolute atomic E-state index is 5.36. The second-order valence-corrected chi connectivity index (χ2v) is 5.34. The normalized spacial score (nSPS) is 21.3. The first kappa shape index (κ1) is 13.0. The van der Waals surface area contributed by atoms with Gasteiger partial charge in [0.25, 0.3) is 0 Å². The number of rotatable bonds is 3. The number of ether oxygens (including phenoxy) is 2. The van der Waals surface area contributed by atoms with Crippen molar-refractivity contribution in [3.63, 3.8) is 0 Å². The second kappa shape index (κ2) is 5.58. The number of benzene rings is 1. The molecule has 2 aliphatic rings. The van der Waals surface area contributed by atoms with Crippen molar-refractivity contribution in [1.82, 2.24) is 0 Å². The summed E-state index contributed by atoms with van der Waals surface area (Å²) in [5.41, 5.74) is 4.11. The maximum Gasteiger partial charge on any atom is 0.118 e. The first-order valence-corrected chi connectivity index (χ1v) is 7.10. The summed E-state index contributed by atoms with van der Waals surface area (Å²) in [4.78, 5) is 0. The van der Waals surface area contributed by atoms with E-state index in [1.165, 1.54) is 23.1 Å². The number of hydrogen-bond acceptors (Lipinski definition) is 2. The lowest BCUT2D eigenvalue weighted by molar-refractivity contribution is 0.263. The zero-order valence-corrected chi connectivity index (χ0v) is 12.1. The summed E-state index contributed by atoms with van der Waals surface area (Å²) in [5.74, 6) is 2.65. The summed E-state index contributed by atoms with van der Waals surface area (Å²) >= 11 is 0. The average Bonchev–Trinajstić information content (AvgIpc) is 2.54. The lowest BCUT2D eigenvalue weighted by atomic mass is 9.79. The molecule has 1 atom stereocenters. The topological polar surface area (TPSA) is 18.5 Å². The lowest BCUT2D eigenvalue weighted by Gasteiger charge is -2.28. The molecule has 104 valence electrons. The van der Waals surface area contributed by atoms with E-state index in [1.54, 1.807) is 14.2 Å². The third-order valence-corrected chi connectivity index (χ3v) is 4.20. The summed E-state index contributed by atoms with van der Waals surface area (Å²) in [7, 11) is 3.46. The Labute approximate surface area is 120 Å². The van der Waals surface area contributed by atoms with Crippen molar-refractivity contribution in [2.75, 3.05) is 14.2 Å². The maximum atomic E-state index is 5.36. The van der Waals surface area contributed by atoms with Crippen LogP contribution in [0.15, 0.2) is 53.8 Å². The van der Waals surface area contributed by atoms with Crippen molar-refractivity contribution in [3.05, 3.63) is 59.4 Å². The molecule has 0 aromatic heterocycles. The fourth-order valence-corrected chi connectivity index (χ4v) is 2.97. The fraction of sp³-hybridized carbons (Fsp3) is 0.333. The largest absolute Gasteiger partial charge is 0.501 e. The van der Waals surface area contributed by atoms with E-state index in [0.717, 1.165) is 24.4 Å². The second-order valence-electron chi connectivity index (χ2n) is 5.34. The Hall–Kier alpha value is -1.96. The van der Waals surface area contributed by atoms with Gasteiger partial charge in [0.1, 0.15) is 5.75 Å². The van der Waals surface area contributed by atoms with Crippen molar-refractivity contribution >= 4 is 5.57 Å². The SMILES string of the molecule is COC1=CC2=CC=C(c3ccc(OC)cc3)CC2CC1. The lowest BCUT2D eigenvalue weighted by Crippen LogP contribution is -2.13. The predicted octanol–water partition coefficient (Wildman–Crippen LogP) is 4.35. The van der Waals surface area contributed by atoms with E-state index < -0.39 is 0 Å². The van der Waals surface area contributed by atoms with E-state index in [2.05, 4.69) is 30.4 Å². The molecule has 20 heavy (non-hydrogen) atoms. The Bertz CT molecular complexity index is 576. The molecule has 0 spiro atoms. The molecule has 0 aliphatic heterocycles. The van der Waals surface area contributed by atoms with Crippen LogP contribution in [0, 0.1) is 5.92 Å². The third kappa shape index (κ3) is 2.51. The molecule has 0 bridgehead atoms. The summed E-state index contributed by atoms with van der Waals surface area (Å²) in [6.45, 7) is 0. The van der Waals surface area contributed by atoms with Crippen LogP contribution in [0.3, 0.4) is 0 Å². The van der Waals surface area contributed by atoms with E-state index in [0.29, 0.717) is 5.92 Å². The molecule has 0 saturated heterocycles. The van der Waals surface area contributed by atoms with Crippen LogP contribution < -0.4 is 4.74 Å². The number of fused-ring (bicyclic) bond motifs is 1. The molecule has 0 fully saturated rings. The minimum absolute atomic E-state index is 0.635. The molecule has 2 aliphatic carbocycles. The predicted molar refractivity (Wildman–Crippen MR) is 81.5 cm³/mol. The molecule has 0 saturated carbocycles. The van der Waals surface area contributed by atoms with Gasteiger partial charge in [-0.1, -0.05) is 24.3 Å². The van der Waals surface area contributed by atoms with E-state index >= 15 is 0 Å².